The molecule has 0 bridgehead atoms. The Morgan fingerprint density at radius 3 is 2.54 bits per heavy atom. The van der Waals surface area contributed by atoms with Gasteiger partial charge < -0.3 is 4.74 Å². The number of pyridine rings is 1. The van der Waals surface area contributed by atoms with Crippen LogP contribution in [0.3, 0.4) is 0 Å². The Balaban J connectivity index is 1.74. The Labute approximate surface area is 152 Å². The number of rotatable bonds is 6. The molecule has 3 rings (SSSR count). The van der Waals surface area contributed by atoms with Crippen LogP contribution in [0.25, 0.3) is 0 Å². The molecular weight excluding hydrogens is 350 g/mol. The third-order valence-electron chi connectivity index (χ3n) is 3.51. The second-order valence-electron chi connectivity index (χ2n) is 5.35. The molecule has 0 spiro atoms. The fourth-order valence-electron chi connectivity index (χ4n) is 2.20. The van der Waals surface area contributed by atoms with Gasteiger partial charge in [-0.05, 0) is 54.1 Å². The highest BCUT2D eigenvalue weighted by Gasteiger charge is 2.14. The van der Waals surface area contributed by atoms with Gasteiger partial charge in [0.05, 0.1) is 17.7 Å². The highest BCUT2D eigenvalue weighted by molar-refractivity contribution is 7.92. The molecule has 1 aromatic heterocycles. The van der Waals surface area contributed by atoms with Crippen molar-refractivity contribution in [3.8, 4) is 5.75 Å². The van der Waals surface area contributed by atoms with E-state index in [4.69, 9.17) is 4.74 Å². The van der Waals surface area contributed by atoms with Gasteiger partial charge in [0, 0.05) is 12.4 Å². The maximum Gasteiger partial charge on any atom is 0.263 e. The van der Waals surface area contributed by atoms with E-state index in [1.54, 1.807) is 43.7 Å². The number of aliphatic imine (C=N–C) groups is 1. The zero-order chi connectivity index (χ0) is 18.4. The minimum absolute atomic E-state index is 0.142. The molecular formula is C19H17N3O3S. The first kappa shape index (κ1) is 17.6. The van der Waals surface area contributed by atoms with Gasteiger partial charge in [0.1, 0.15) is 11.6 Å². The Morgan fingerprint density at radius 2 is 1.85 bits per heavy atom. The molecule has 2 aromatic carbocycles. The minimum Gasteiger partial charge on any atom is -0.497 e. The summed E-state index contributed by atoms with van der Waals surface area (Å²) in [6.07, 6.45) is 3.21. The Morgan fingerprint density at radius 1 is 1.04 bits per heavy atom. The Bertz CT molecular complexity index is 1000. The molecule has 0 fully saturated rings. The first-order valence-electron chi connectivity index (χ1n) is 7.79. The van der Waals surface area contributed by atoms with Gasteiger partial charge in [0.25, 0.3) is 10.0 Å². The van der Waals surface area contributed by atoms with Crippen LogP contribution in [0.5, 0.6) is 5.75 Å². The monoisotopic (exact) mass is 367 g/mol. The predicted octanol–water partition coefficient (Wildman–Crippen LogP) is 3.64. The van der Waals surface area contributed by atoms with Crippen LogP contribution in [0.1, 0.15) is 5.56 Å². The Hall–Kier alpha value is -3.19. The fourth-order valence-corrected chi connectivity index (χ4v) is 3.21. The van der Waals surface area contributed by atoms with E-state index in [0.717, 1.165) is 11.3 Å². The first-order chi connectivity index (χ1) is 12.6. The van der Waals surface area contributed by atoms with Crippen LogP contribution < -0.4 is 9.46 Å². The van der Waals surface area contributed by atoms with Gasteiger partial charge in [0.15, 0.2) is 0 Å². The van der Waals surface area contributed by atoms with Crippen LogP contribution in [0.15, 0.2) is 82.8 Å². The summed E-state index contributed by atoms with van der Waals surface area (Å²) in [5.74, 6) is 1.02. The van der Waals surface area contributed by atoms with E-state index in [1.165, 1.54) is 18.3 Å². The van der Waals surface area contributed by atoms with Crippen LogP contribution in [0.2, 0.25) is 0 Å². The van der Waals surface area contributed by atoms with E-state index in [0.29, 0.717) is 5.69 Å². The highest BCUT2D eigenvalue weighted by atomic mass is 32.2. The molecule has 0 atom stereocenters. The summed E-state index contributed by atoms with van der Waals surface area (Å²) in [5, 5.41) is 0. The molecule has 0 radical (unpaired) electrons. The van der Waals surface area contributed by atoms with Gasteiger partial charge >= 0.3 is 0 Å². The summed E-state index contributed by atoms with van der Waals surface area (Å²) in [4.78, 5) is 8.45. The minimum atomic E-state index is -3.69. The summed E-state index contributed by atoms with van der Waals surface area (Å²) in [6.45, 7) is 0. The average Bonchev–Trinajstić information content (AvgIpc) is 2.67. The smallest absolute Gasteiger partial charge is 0.263 e. The molecule has 0 amide bonds. The maximum absolute atomic E-state index is 12.4. The summed E-state index contributed by atoms with van der Waals surface area (Å²) < 4.78 is 32.3. The van der Waals surface area contributed by atoms with Gasteiger partial charge in [-0.25, -0.2) is 13.4 Å². The zero-order valence-electron chi connectivity index (χ0n) is 14.0. The van der Waals surface area contributed by atoms with E-state index in [2.05, 4.69) is 14.7 Å². The second kappa shape index (κ2) is 7.79. The van der Waals surface area contributed by atoms with Crippen molar-refractivity contribution in [1.29, 1.82) is 0 Å². The summed E-state index contributed by atoms with van der Waals surface area (Å²) in [5.41, 5.74) is 1.53. The molecule has 1 N–H and O–H groups in total. The molecule has 3 aromatic rings. The van der Waals surface area contributed by atoms with Crippen LogP contribution in [0.4, 0.5) is 11.5 Å². The number of aromatic nitrogens is 1. The van der Waals surface area contributed by atoms with Crippen molar-refractivity contribution in [2.75, 3.05) is 11.8 Å². The quantitative estimate of drug-likeness (QED) is 0.675. The van der Waals surface area contributed by atoms with Crippen molar-refractivity contribution in [3.05, 3.63) is 78.5 Å². The molecule has 132 valence electrons. The number of sulfonamides is 1. The number of hydrogen-bond donors (Lipinski definition) is 1. The molecule has 7 heteroatoms. The zero-order valence-corrected chi connectivity index (χ0v) is 14.8. The van der Waals surface area contributed by atoms with E-state index >= 15 is 0 Å². The number of nitrogens with zero attached hydrogens (tertiary/aromatic N) is 2. The number of anilines is 1. The van der Waals surface area contributed by atoms with Crippen molar-refractivity contribution in [2.45, 2.75) is 4.90 Å². The summed E-state index contributed by atoms with van der Waals surface area (Å²) >= 11 is 0. The summed E-state index contributed by atoms with van der Waals surface area (Å²) in [6, 6.07) is 18.8. The lowest BCUT2D eigenvalue weighted by Gasteiger charge is -2.07. The molecule has 0 unspecified atom stereocenters. The van der Waals surface area contributed by atoms with E-state index in [1.807, 2.05) is 24.3 Å². The topological polar surface area (TPSA) is 80.6 Å². The Kier molecular flexibility index (Phi) is 5.28. The number of hydrogen-bond acceptors (Lipinski definition) is 5. The SMILES string of the molecule is COc1cccc(C=Nc2ccc(S(=O)(=O)Nc3ccccn3)cc2)c1. The van der Waals surface area contributed by atoms with Crippen LogP contribution >= 0.6 is 0 Å². The fraction of sp³-hybridized carbons (Fsp3) is 0.0526. The van der Waals surface area contributed by atoms with Crippen molar-refractivity contribution in [1.82, 2.24) is 4.98 Å². The lowest BCUT2D eigenvalue weighted by atomic mass is 10.2. The van der Waals surface area contributed by atoms with Crippen LogP contribution in [-0.4, -0.2) is 26.7 Å². The van der Waals surface area contributed by atoms with Crippen LogP contribution in [-0.2, 0) is 10.0 Å². The number of ether oxygens (including phenoxy) is 1. The second-order valence-corrected chi connectivity index (χ2v) is 7.03. The largest absolute Gasteiger partial charge is 0.497 e. The molecule has 0 aliphatic carbocycles. The standard InChI is InChI=1S/C19H17N3O3S/c1-25-17-6-4-5-15(13-17)14-21-16-8-10-18(11-9-16)26(23,24)22-19-7-2-3-12-20-19/h2-14H,1H3,(H,20,22). The van der Waals surface area contributed by atoms with Gasteiger partial charge in [0.2, 0.25) is 0 Å². The predicted molar refractivity (Wildman–Crippen MR) is 102 cm³/mol. The lowest BCUT2D eigenvalue weighted by Crippen LogP contribution is -2.13. The molecule has 26 heavy (non-hydrogen) atoms. The van der Waals surface area contributed by atoms with E-state index in [-0.39, 0.29) is 10.7 Å². The number of benzene rings is 2. The third-order valence-corrected chi connectivity index (χ3v) is 4.88. The molecule has 0 saturated heterocycles. The maximum atomic E-state index is 12.4. The van der Waals surface area contributed by atoms with Crippen molar-refractivity contribution in [3.63, 3.8) is 0 Å². The summed E-state index contributed by atoms with van der Waals surface area (Å²) in [7, 11) is -2.08. The van der Waals surface area contributed by atoms with Gasteiger partial charge in [-0.3, -0.25) is 9.71 Å². The van der Waals surface area contributed by atoms with Crippen molar-refractivity contribution in [2.24, 2.45) is 4.99 Å². The van der Waals surface area contributed by atoms with Crippen LogP contribution in [0, 0.1) is 0 Å². The number of methoxy groups -OCH3 is 1. The normalized spacial score (nSPS) is 11.4. The third kappa shape index (κ3) is 4.46. The van der Waals surface area contributed by atoms with Crippen molar-refractivity contribution >= 4 is 27.7 Å². The average molecular weight is 367 g/mol. The van der Waals surface area contributed by atoms with E-state index in [9.17, 15) is 8.42 Å². The van der Waals surface area contributed by atoms with E-state index < -0.39 is 10.0 Å². The molecule has 0 aliphatic rings. The first-order valence-corrected chi connectivity index (χ1v) is 9.27. The van der Waals surface area contributed by atoms with Gasteiger partial charge in [-0.2, -0.15) is 0 Å². The lowest BCUT2D eigenvalue weighted by molar-refractivity contribution is 0.415. The van der Waals surface area contributed by atoms with Gasteiger partial charge in [-0.1, -0.05) is 18.2 Å². The molecule has 1 heterocycles. The van der Waals surface area contributed by atoms with Gasteiger partial charge in [-0.15, -0.1) is 0 Å². The highest BCUT2D eigenvalue weighted by Crippen LogP contribution is 2.19. The number of nitrogens with one attached hydrogen (secondary N) is 1. The molecule has 6 nitrogen and oxygen atoms in total. The molecule has 0 aliphatic heterocycles. The molecule has 0 saturated carbocycles. The van der Waals surface area contributed by atoms with Crippen molar-refractivity contribution < 1.29 is 13.2 Å².